The fourth-order valence-corrected chi connectivity index (χ4v) is 2.81. The summed E-state index contributed by atoms with van der Waals surface area (Å²) in [5.74, 6) is -0.799. The van der Waals surface area contributed by atoms with Gasteiger partial charge in [0, 0.05) is 17.4 Å². The molecule has 1 fully saturated rings. The van der Waals surface area contributed by atoms with Gasteiger partial charge < -0.3 is 0 Å². The van der Waals surface area contributed by atoms with Gasteiger partial charge >= 0.3 is 0 Å². The molecule has 2 amide bonds. The minimum atomic E-state index is -0.422. The van der Waals surface area contributed by atoms with Gasteiger partial charge in [0.25, 0.3) is 5.91 Å². The third-order valence-corrected chi connectivity index (χ3v) is 4.41. The van der Waals surface area contributed by atoms with Gasteiger partial charge in [0.15, 0.2) is 0 Å². The quantitative estimate of drug-likeness (QED) is 0.731. The SMILES string of the molecule is CC(C)(C)C1CC(=O)N(C(=O)c2ccc(F)cc2Br)C1. The van der Waals surface area contributed by atoms with Crippen LogP contribution in [0.1, 0.15) is 37.6 Å². The highest BCUT2D eigenvalue weighted by Crippen LogP contribution is 2.35. The number of rotatable bonds is 1. The van der Waals surface area contributed by atoms with Gasteiger partial charge in [-0.2, -0.15) is 0 Å². The summed E-state index contributed by atoms with van der Waals surface area (Å²) >= 11 is 3.17. The molecule has 1 saturated heterocycles. The van der Waals surface area contributed by atoms with Crippen molar-refractivity contribution < 1.29 is 14.0 Å². The second-order valence-electron chi connectivity index (χ2n) is 6.20. The van der Waals surface area contributed by atoms with Gasteiger partial charge in [0.1, 0.15) is 5.82 Å². The van der Waals surface area contributed by atoms with Gasteiger partial charge in [-0.1, -0.05) is 20.8 Å². The van der Waals surface area contributed by atoms with E-state index in [2.05, 4.69) is 36.7 Å². The molecule has 20 heavy (non-hydrogen) atoms. The first-order valence-electron chi connectivity index (χ1n) is 6.50. The second-order valence-corrected chi connectivity index (χ2v) is 7.06. The minimum Gasteiger partial charge on any atom is -0.278 e. The van der Waals surface area contributed by atoms with Gasteiger partial charge in [-0.25, -0.2) is 4.39 Å². The molecule has 1 aromatic carbocycles. The molecule has 3 nitrogen and oxygen atoms in total. The predicted molar refractivity (Wildman–Crippen MR) is 77.7 cm³/mol. The van der Waals surface area contributed by atoms with Crippen LogP contribution in [0, 0.1) is 17.2 Å². The van der Waals surface area contributed by atoms with Crippen LogP contribution >= 0.6 is 15.9 Å². The summed E-state index contributed by atoms with van der Waals surface area (Å²) in [6.07, 6.45) is 0.383. The van der Waals surface area contributed by atoms with E-state index in [1.165, 1.54) is 23.1 Å². The van der Waals surface area contributed by atoms with Crippen LogP contribution in [0.3, 0.4) is 0 Å². The van der Waals surface area contributed by atoms with Crippen molar-refractivity contribution in [2.24, 2.45) is 11.3 Å². The maximum absolute atomic E-state index is 13.1. The first-order valence-corrected chi connectivity index (χ1v) is 7.29. The van der Waals surface area contributed by atoms with Gasteiger partial charge in [-0.15, -0.1) is 0 Å². The average molecular weight is 342 g/mol. The Hall–Kier alpha value is -1.23. The molecular formula is C15H17BrFNO2. The molecular weight excluding hydrogens is 325 g/mol. The molecule has 1 aromatic rings. The third-order valence-electron chi connectivity index (χ3n) is 3.76. The van der Waals surface area contributed by atoms with E-state index in [1.807, 2.05) is 0 Å². The lowest BCUT2D eigenvalue weighted by molar-refractivity contribution is -0.125. The molecule has 1 atom stereocenters. The Morgan fingerprint density at radius 3 is 2.55 bits per heavy atom. The smallest absolute Gasteiger partial charge is 0.261 e. The van der Waals surface area contributed by atoms with E-state index in [0.29, 0.717) is 23.0 Å². The van der Waals surface area contributed by atoms with Crippen LogP contribution in [0.2, 0.25) is 0 Å². The Labute approximate surface area is 126 Å². The summed E-state index contributed by atoms with van der Waals surface area (Å²) in [5, 5.41) is 0. The van der Waals surface area contributed by atoms with Gasteiger partial charge in [0.2, 0.25) is 5.91 Å². The highest BCUT2D eigenvalue weighted by molar-refractivity contribution is 9.10. The number of hydrogen-bond donors (Lipinski definition) is 0. The molecule has 0 radical (unpaired) electrons. The first-order chi connectivity index (χ1) is 9.20. The van der Waals surface area contributed by atoms with Crippen molar-refractivity contribution in [3.05, 3.63) is 34.1 Å². The van der Waals surface area contributed by atoms with Gasteiger partial charge in [-0.05, 0) is 45.5 Å². The van der Waals surface area contributed by atoms with E-state index in [-0.39, 0.29) is 23.1 Å². The Morgan fingerprint density at radius 1 is 1.40 bits per heavy atom. The summed E-state index contributed by atoms with van der Waals surface area (Å²) in [6.45, 7) is 6.61. The van der Waals surface area contributed by atoms with Crippen molar-refractivity contribution in [2.45, 2.75) is 27.2 Å². The van der Waals surface area contributed by atoms with Crippen molar-refractivity contribution in [3.8, 4) is 0 Å². The molecule has 0 N–H and O–H groups in total. The number of nitrogens with zero attached hydrogens (tertiary/aromatic N) is 1. The lowest BCUT2D eigenvalue weighted by atomic mass is 9.80. The second kappa shape index (κ2) is 5.28. The van der Waals surface area contributed by atoms with E-state index in [4.69, 9.17) is 0 Å². The largest absolute Gasteiger partial charge is 0.278 e. The van der Waals surface area contributed by atoms with E-state index in [0.717, 1.165) is 0 Å². The van der Waals surface area contributed by atoms with Crippen LogP contribution in [0.4, 0.5) is 4.39 Å². The van der Waals surface area contributed by atoms with Crippen molar-refractivity contribution in [2.75, 3.05) is 6.54 Å². The fraction of sp³-hybridized carbons (Fsp3) is 0.467. The average Bonchev–Trinajstić information content (AvgIpc) is 2.70. The molecule has 0 aromatic heterocycles. The van der Waals surface area contributed by atoms with E-state index in [9.17, 15) is 14.0 Å². The van der Waals surface area contributed by atoms with Crippen molar-refractivity contribution in [1.82, 2.24) is 4.90 Å². The molecule has 1 heterocycles. The zero-order chi connectivity index (χ0) is 15.1. The molecule has 0 bridgehead atoms. The van der Waals surface area contributed by atoms with Gasteiger partial charge in [-0.3, -0.25) is 14.5 Å². The fourth-order valence-electron chi connectivity index (χ4n) is 2.29. The molecule has 1 aliphatic rings. The molecule has 108 valence electrons. The zero-order valence-corrected chi connectivity index (χ0v) is 13.3. The van der Waals surface area contributed by atoms with E-state index < -0.39 is 5.82 Å². The molecule has 0 spiro atoms. The molecule has 1 unspecified atom stereocenters. The van der Waals surface area contributed by atoms with Gasteiger partial charge in [0.05, 0.1) is 5.56 Å². The number of halogens is 2. The minimum absolute atomic E-state index is 0.0231. The summed E-state index contributed by atoms with van der Waals surface area (Å²) in [5.41, 5.74) is 0.291. The molecule has 1 aliphatic heterocycles. The number of amides is 2. The number of hydrogen-bond acceptors (Lipinski definition) is 2. The van der Waals surface area contributed by atoms with Crippen molar-refractivity contribution in [1.29, 1.82) is 0 Å². The predicted octanol–water partition coefficient (Wildman–Crippen LogP) is 3.62. The Bertz CT molecular complexity index is 565. The molecule has 2 rings (SSSR count). The number of benzene rings is 1. The van der Waals surface area contributed by atoms with E-state index >= 15 is 0 Å². The normalized spacial score (nSPS) is 19.6. The number of carbonyl (C=O) groups excluding carboxylic acids is 2. The van der Waals surface area contributed by atoms with Crippen LogP contribution in [0.15, 0.2) is 22.7 Å². The third kappa shape index (κ3) is 2.92. The zero-order valence-electron chi connectivity index (χ0n) is 11.7. The first kappa shape index (κ1) is 15.2. The van der Waals surface area contributed by atoms with Crippen LogP contribution in [0.5, 0.6) is 0 Å². The van der Waals surface area contributed by atoms with E-state index in [1.54, 1.807) is 0 Å². The number of imide groups is 1. The summed E-state index contributed by atoms with van der Waals surface area (Å²) in [6, 6.07) is 3.86. The Kier molecular flexibility index (Phi) is 4.00. The molecule has 5 heteroatoms. The van der Waals surface area contributed by atoms with Crippen molar-refractivity contribution in [3.63, 3.8) is 0 Å². The highest BCUT2D eigenvalue weighted by Gasteiger charge is 2.40. The number of likely N-dealkylation sites (tertiary alicyclic amines) is 1. The summed E-state index contributed by atoms with van der Waals surface area (Å²) in [7, 11) is 0. The summed E-state index contributed by atoms with van der Waals surface area (Å²) in [4.78, 5) is 25.7. The van der Waals surface area contributed by atoms with Crippen LogP contribution in [-0.2, 0) is 4.79 Å². The monoisotopic (exact) mass is 341 g/mol. The molecule has 0 aliphatic carbocycles. The standard InChI is InChI=1S/C15H17BrFNO2/c1-15(2,3)9-6-13(19)18(8-9)14(20)11-5-4-10(17)7-12(11)16/h4-5,7,9H,6,8H2,1-3H3. The van der Waals surface area contributed by atoms with Crippen LogP contribution in [0.25, 0.3) is 0 Å². The summed E-state index contributed by atoms with van der Waals surface area (Å²) < 4.78 is 13.4. The van der Waals surface area contributed by atoms with Crippen LogP contribution in [-0.4, -0.2) is 23.3 Å². The topological polar surface area (TPSA) is 37.4 Å². The van der Waals surface area contributed by atoms with Crippen LogP contribution < -0.4 is 0 Å². The lowest BCUT2D eigenvalue weighted by Crippen LogP contribution is -2.33. The Balaban J connectivity index is 2.24. The molecule has 0 saturated carbocycles. The lowest BCUT2D eigenvalue weighted by Gasteiger charge is -2.26. The maximum atomic E-state index is 13.1. The Morgan fingerprint density at radius 2 is 2.05 bits per heavy atom. The maximum Gasteiger partial charge on any atom is 0.261 e. The number of carbonyl (C=O) groups is 2. The van der Waals surface area contributed by atoms with Crippen molar-refractivity contribution >= 4 is 27.7 Å². The highest BCUT2D eigenvalue weighted by atomic mass is 79.9.